The first kappa shape index (κ1) is 18.0. The number of hydrogen-bond acceptors (Lipinski definition) is 4. The average molecular weight is 376 g/mol. The molecule has 0 saturated heterocycles. The van der Waals surface area contributed by atoms with Crippen molar-refractivity contribution < 1.29 is 19.2 Å². The monoisotopic (exact) mass is 375 g/mol. The Labute approximate surface area is 156 Å². The van der Waals surface area contributed by atoms with Crippen molar-refractivity contribution in [3.63, 3.8) is 0 Å². The molecule has 0 spiro atoms. The largest absolute Gasteiger partial charge is 0.455 e. The molecule has 3 amide bonds. The molecule has 1 aliphatic rings. The Bertz CT molecular complexity index is 843. The quantitative estimate of drug-likeness (QED) is 0.836. The van der Waals surface area contributed by atoms with Crippen LogP contribution in [0, 0.1) is 0 Å². The fraction of sp³-hybridized carbons (Fsp3) is 0.222. The number of nitrogens with one attached hydrogen (secondary N) is 1. The van der Waals surface area contributed by atoms with Crippen LogP contribution in [0.1, 0.15) is 5.56 Å². The minimum absolute atomic E-state index is 0.196. The summed E-state index contributed by atoms with van der Waals surface area (Å²) in [5.41, 5.74) is 1.37. The third-order valence-corrected chi connectivity index (χ3v) is 4.23. The average Bonchev–Trinajstić information content (AvgIpc) is 2.81. The molecule has 1 N–H and O–H groups in total. The van der Waals surface area contributed by atoms with Gasteiger partial charge >= 0.3 is 6.03 Å². The number of carbonyl (C=O) groups is 2. The molecule has 7 nitrogen and oxygen atoms in total. The van der Waals surface area contributed by atoms with Gasteiger partial charge in [0.15, 0.2) is 5.75 Å². The molecule has 2 aromatic rings. The molecule has 2 aromatic carbocycles. The van der Waals surface area contributed by atoms with Crippen molar-refractivity contribution in [1.82, 2.24) is 10.4 Å². The molecule has 8 heteroatoms. The summed E-state index contributed by atoms with van der Waals surface area (Å²) in [7, 11) is 2.85. The number of hydrogen-bond donors (Lipinski definition) is 1. The van der Waals surface area contributed by atoms with E-state index >= 15 is 0 Å². The number of ether oxygens (including phenoxy) is 1. The summed E-state index contributed by atoms with van der Waals surface area (Å²) in [4.78, 5) is 30.9. The summed E-state index contributed by atoms with van der Waals surface area (Å²) < 4.78 is 5.94. The lowest BCUT2D eigenvalue weighted by Gasteiger charge is -2.23. The van der Waals surface area contributed by atoms with Crippen LogP contribution in [0.3, 0.4) is 0 Å². The Hall–Kier alpha value is -2.77. The van der Waals surface area contributed by atoms with Crippen molar-refractivity contribution >= 4 is 29.2 Å². The van der Waals surface area contributed by atoms with Crippen LogP contribution in [-0.4, -0.2) is 37.7 Å². The van der Waals surface area contributed by atoms with Gasteiger partial charge in [-0.15, -0.1) is 0 Å². The normalized spacial score (nSPS) is 12.3. The van der Waals surface area contributed by atoms with Gasteiger partial charge in [0.25, 0.3) is 5.91 Å². The van der Waals surface area contributed by atoms with E-state index < -0.39 is 6.03 Å². The number of fused-ring (bicyclic) bond motifs is 2. The standard InChI is InChI=1S/C18H18ClN3O4/c1-21(25-2)17(23)10-20-18(24)22-11-12-5-3-4-6-15(12)26-16-8-7-13(19)9-14(16)22/h3-9H,10-11H2,1-2H3,(H,20,24). The highest BCUT2D eigenvalue weighted by Crippen LogP contribution is 2.40. The zero-order valence-corrected chi connectivity index (χ0v) is 15.1. The zero-order valence-electron chi connectivity index (χ0n) is 14.4. The molecule has 0 saturated carbocycles. The lowest BCUT2D eigenvalue weighted by molar-refractivity contribution is -0.167. The molecule has 1 aliphatic heterocycles. The van der Waals surface area contributed by atoms with Gasteiger partial charge in [0.05, 0.1) is 19.3 Å². The molecule has 1 heterocycles. The molecule has 0 unspecified atom stereocenters. The Morgan fingerprint density at radius 2 is 2.04 bits per heavy atom. The number of urea groups is 1. The van der Waals surface area contributed by atoms with Crippen molar-refractivity contribution in [3.8, 4) is 11.5 Å². The van der Waals surface area contributed by atoms with Crippen LogP contribution < -0.4 is 15.0 Å². The van der Waals surface area contributed by atoms with E-state index in [-0.39, 0.29) is 19.0 Å². The number of para-hydroxylation sites is 1. The number of amides is 3. The van der Waals surface area contributed by atoms with E-state index in [9.17, 15) is 9.59 Å². The molecule has 0 aliphatic carbocycles. The molecule has 3 rings (SSSR count). The first-order valence-electron chi connectivity index (χ1n) is 7.91. The second-order valence-electron chi connectivity index (χ2n) is 5.64. The van der Waals surface area contributed by atoms with E-state index in [0.29, 0.717) is 22.2 Å². The van der Waals surface area contributed by atoms with Crippen LogP contribution in [0.4, 0.5) is 10.5 Å². The molecule has 0 radical (unpaired) electrons. The van der Waals surface area contributed by atoms with E-state index in [0.717, 1.165) is 10.6 Å². The number of rotatable bonds is 3. The maximum absolute atomic E-state index is 12.8. The van der Waals surface area contributed by atoms with Gasteiger partial charge in [0, 0.05) is 17.6 Å². The number of benzene rings is 2. The van der Waals surface area contributed by atoms with Crippen molar-refractivity contribution in [2.45, 2.75) is 6.54 Å². The van der Waals surface area contributed by atoms with E-state index in [1.54, 1.807) is 18.2 Å². The summed E-state index contributed by atoms with van der Waals surface area (Å²) in [6, 6.07) is 12.1. The molecule has 136 valence electrons. The highest BCUT2D eigenvalue weighted by Gasteiger charge is 2.26. The second kappa shape index (κ2) is 7.63. The molecule has 0 bridgehead atoms. The Morgan fingerprint density at radius 3 is 2.81 bits per heavy atom. The van der Waals surface area contributed by atoms with Crippen molar-refractivity contribution in [2.24, 2.45) is 0 Å². The van der Waals surface area contributed by atoms with Crippen molar-refractivity contribution in [1.29, 1.82) is 0 Å². The second-order valence-corrected chi connectivity index (χ2v) is 6.08. The lowest BCUT2D eigenvalue weighted by Crippen LogP contribution is -2.44. The minimum Gasteiger partial charge on any atom is -0.455 e. The Balaban J connectivity index is 1.88. The van der Waals surface area contributed by atoms with Crippen LogP contribution >= 0.6 is 11.6 Å². The highest BCUT2D eigenvalue weighted by atomic mass is 35.5. The first-order valence-corrected chi connectivity index (χ1v) is 8.28. The van der Waals surface area contributed by atoms with Gasteiger partial charge in [-0.2, -0.15) is 0 Å². The summed E-state index contributed by atoms with van der Waals surface area (Å²) >= 11 is 6.11. The lowest BCUT2D eigenvalue weighted by atomic mass is 10.2. The maximum atomic E-state index is 12.8. The molecule has 0 fully saturated rings. The van der Waals surface area contributed by atoms with Crippen LogP contribution in [0.25, 0.3) is 0 Å². The smallest absolute Gasteiger partial charge is 0.322 e. The summed E-state index contributed by atoms with van der Waals surface area (Å²) in [6.07, 6.45) is 0. The van der Waals surface area contributed by atoms with E-state index in [2.05, 4.69) is 5.32 Å². The minimum atomic E-state index is -0.438. The molecule has 0 atom stereocenters. The van der Waals surface area contributed by atoms with Crippen LogP contribution in [0.5, 0.6) is 11.5 Å². The summed E-state index contributed by atoms with van der Waals surface area (Å²) in [6.45, 7) is 0.0851. The summed E-state index contributed by atoms with van der Waals surface area (Å²) in [5, 5.41) is 4.13. The number of hydroxylamine groups is 2. The van der Waals surface area contributed by atoms with Crippen molar-refractivity contribution in [2.75, 3.05) is 25.6 Å². The van der Waals surface area contributed by atoms with E-state index in [1.165, 1.54) is 19.1 Å². The predicted octanol–water partition coefficient (Wildman–Crippen LogP) is 3.18. The van der Waals surface area contributed by atoms with Gasteiger partial charge in [-0.3, -0.25) is 14.5 Å². The fourth-order valence-electron chi connectivity index (χ4n) is 2.54. The highest BCUT2D eigenvalue weighted by molar-refractivity contribution is 6.31. The number of likely N-dealkylation sites (N-methyl/N-ethyl adjacent to an activating group) is 1. The maximum Gasteiger partial charge on any atom is 0.322 e. The molecular formula is C18H18ClN3O4. The number of nitrogens with zero attached hydrogens (tertiary/aromatic N) is 2. The Morgan fingerprint density at radius 1 is 1.27 bits per heavy atom. The molecule has 26 heavy (non-hydrogen) atoms. The predicted molar refractivity (Wildman–Crippen MR) is 97.3 cm³/mol. The number of anilines is 1. The van der Waals surface area contributed by atoms with Gasteiger partial charge < -0.3 is 10.1 Å². The van der Waals surface area contributed by atoms with Gasteiger partial charge in [-0.1, -0.05) is 29.8 Å². The molecule has 0 aromatic heterocycles. The number of carbonyl (C=O) groups excluding carboxylic acids is 2. The van der Waals surface area contributed by atoms with Crippen molar-refractivity contribution in [3.05, 3.63) is 53.1 Å². The van der Waals surface area contributed by atoms with Crippen LogP contribution in [-0.2, 0) is 16.2 Å². The van der Waals surface area contributed by atoms with Gasteiger partial charge in [0.2, 0.25) is 0 Å². The van der Waals surface area contributed by atoms with Gasteiger partial charge in [-0.05, 0) is 24.3 Å². The zero-order chi connectivity index (χ0) is 18.7. The molecular weight excluding hydrogens is 358 g/mol. The first-order chi connectivity index (χ1) is 12.5. The SMILES string of the molecule is CON(C)C(=O)CNC(=O)N1Cc2ccccc2Oc2ccc(Cl)cc21. The summed E-state index contributed by atoms with van der Waals surface area (Å²) in [5.74, 6) is 0.801. The van der Waals surface area contributed by atoms with Crippen LogP contribution in [0.2, 0.25) is 5.02 Å². The third-order valence-electron chi connectivity index (χ3n) is 3.99. The topological polar surface area (TPSA) is 71.1 Å². The third kappa shape index (κ3) is 3.74. The van der Waals surface area contributed by atoms with Gasteiger partial charge in [0.1, 0.15) is 12.3 Å². The van der Waals surface area contributed by atoms with Gasteiger partial charge in [-0.25, -0.2) is 9.86 Å². The fourth-order valence-corrected chi connectivity index (χ4v) is 2.70. The van der Waals surface area contributed by atoms with E-state index in [1.807, 2.05) is 24.3 Å². The van der Waals surface area contributed by atoms with E-state index in [4.69, 9.17) is 21.2 Å². The Kier molecular flexibility index (Phi) is 5.29. The number of halogens is 1. The van der Waals surface area contributed by atoms with Crippen LogP contribution in [0.15, 0.2) is 42.5 Å².